The highest BCUT2D eigenvalue weighted by Crippen LogP contribution is 2.35. The molecule has 0 amide bonds. The minimum absolute atomic E-state index is 0.581. The first kappa shape index (κ1) is 17.1. The number of nitrogens with zero attached hydrogens (tertiary/aromatic N) is 1. The van der Waals surface area contributed by atoms with Gasteiger partial charge in [0, 0.05) is 22.0 Å². The van der Waals surface area contributed by atoms with E-state index in [2.05, 4.69) is 48.6 Å². The van der Waals surface area contributed by atoms with Crippen molar-refractivity contribution in [2.75, 3.05) is 18.5 Å². The van der Waals surface area contributed by atoms with Crippen LogP contribution in [0.3, 0.4) is 0 Å². The molecule has 0 unspecified atom stereocenters. The molecule has 1 N–H and O–H groups in total. The fourth-order valence-corrected chi connectivity index (χ4v) is 4.34. The van der Waals surface area contributed by atoms with Crippen LogP contribution >= 0.6 is 11.3 Å². The average Bonchev–Trinajstić information content (AvgIpc) is 3.17. The lowest BCUT2D eigenvalue weighted by molar-refractivity contribution is 0.171. The molecule has 1 aliphatic heterocycles. The van der Waals surface area contributed by atoms with Gasteiger partial charge in [-0.05, 0) is 47.9 Å². The van der Waals surface area contributed by atoms with E-state index in [1.54, 1.807) is 11.3 Å². The standard InChI is InChI=1S/C23H20N2O2S/c1-2-15-3-5-16(6-4-15)21-13-17-7-10-22(25-23(17)28-21)24-18-8-9-19-20(14-18)27-12-11-26-19/h3-10,13-14H,2,11-12H2,1H3,(H,24,25). The number of anilines is 2. The maximum atomic E-state index is 5.66. The molecular formula is C23H20N2O2S. The van der Waals surface area contributed by atoms with Crippen LogP contribution < -0.4 is 14.8 Å². The molecule has 5 rings (SSSR count). The van der Waals surface area contributed by atoms with Gasteiger partial charge in [-0.25, -0.2) is 4.98 Å². The van der Waals surface area contributed by atoms with Crippen LogP contribution in [0.1, 0.15) is 12.5 Å². The van der Waals surface area contributed by atoms with Crippen molar-refractivity contribution in [3.8, 4) is 21.9 Å². The summed E-state index contributed by atoms with van der Waals surface area (Å²) in [5.74, 6) is 2.38. The number of hydrogen-bond donors (Lipinski definition) is 1. The zero-order valence-corrected chi connectivity index (χ0v) is 16.4. The number of nitrogens with one attached hydrogen (secondary N) is 1. The highest BCUT2D eigenvalue weighted by molar-refractivity contribution is 7.21. The Morgan fingerprint density at radius 2 is 1.75 bits per heavy atom. The number of fused-ring (bicyclic) bond motifs is 2. The van der Waals surface area contributed by atoms with Gasteiger partial charge in [-0.15, -0.1) is 11.3 Å². The number of hydrogen-bond acceptors (Lipinski definition) is 5. The molecule has 28 heavy (non-hydrogen) atoms. The Hall–Kier alpha value is -3.05. The molecule has 4 aromatic rings. The van der Waals surface area contributed by atoms with Crippen LogP contribution in [0.25, 0.3) is 20.7 Å². The summed E-state index contributed by atoms with van der Waals surface area (Å²) in [6.45, 7) is 3.35. The Balaban J connectivity index is 1.41. The van der Waals surface area contributed by atoms with Crippen molar-refractivity contribution in [3.05, 3.63) is 66.2 Å². The Morgan fingerprint density at radius 3 is 2.57 bits per heavy atom. The first-order chi connectivity index (χ1) is 13.8. The Bertz CT molecular complexity index is 1140. The van der Waals surface area contributed by atoms with Gasteiger partial charge in [-0.3, -0.25) is 0 Å². The molecule has 0 saturated carbocycles. The third kappa shape index (κ3) is 3.29. The van der Waals surface area contributed by atoms with Crippen LogP contribution in [0.2, 0.25) is 0 Å². The Kier molecular flexibility index (Phi) is 4.37. The molecule has 3 heterocycles. The van der Waals surface area contributed by atoms with Crippen molar-refractivity contribution in [1.82, 2.24) is 4.98 Å². The highest BCUT2D eigenvalue weighted by Gasteiger charge is 2.12. The van der Waals surface area contributed by atoms with E-state index in [0.29, 0.717) is 13.2 Å². The maximum absolute atomic E-state index is 5.66. The second kappa shape index (κ2) is 7.17. The molecule has 0 aliphatic carbocycles. The molecule has 0 spiro atoms. The van der Waals surface area contributed by atoms with Crippen LogP contribution in [-0.2, 0) is 6.42 Å². The molecule has 140 valence electrons. The third-order valence-electron chi connectivity index (χ3n) is 4.84. The number of benzene rings is 2. The summed E-state index contributed by atoms with van der Waals surface area (Å²) in [6, 6.07) is 21.0. The molecule has 5 heteroatoms. The summed E-state index contributed by atoms with van der Waals surface area (Å²) < 4.78 is 11.2. The van der Waals surface area contributed by atoms with E-state index in [-0.39, 0.29) is 0 Å². The van der Waals surface area contributed by atoms with Gasteiger partial charge in [0.1, 0.15) is 23.9 Å². The smallest absolute Gasteiger partial charge is 0.163 e. The van der Waals surface area contributed by atoms with Gasteiger partial charge in [0.2, 0.25) is 0 Å². The maximum Gasteiger partial charge on any atom is 0.163 e. The molecule has 2 aromatic carbocycles. The van der Waals surface area contributed by atoms with Crippen molar-refractivity contribution in [1.29, 1.82) is 0 Å². The van der Waals surface area contributed by atoms with Gasteiger partial charge in [-0.2, -0.15) is 0 Å². The third-order valence-corrected chi connectivity index (χ3v) is 5.94. The summed E-state index contributed by atoms with van der Waals surface area (Å²) in [7, 11) is 0. The first-order valence-electron chi connectivity index (χ1n) is 9.45. The number of aryl methyl sites for hydroxylation is 1. The van der Waals surface area contributed by atoms with E-state index in [9.17, 15) is 0 Å². The van der Waals surface area contributed by atoms with Crippen LogP contribution in [0.5, 0.6) is 11.5 Å². The monoisotopic (exact) mass is 388 g/mol. The summed E-state index contributed by atoms with van der Waals surface area (Å²) in [5.41, 5.74) is 3.53. The van der Waals surface area contributed by atoms with Crippen LogP contribution in [0.4, 0.5) is 11.5 Å². The predicted molar refractivity (Wildman–Crippen MR) is 115 cm³/mol. The zero-order valence-electron chi connectivity index (χ0n) is 15.6. The van der Waals surface area contributed by atoms with E-state index in [1.165, 1.54) is 16.0 Å². The fraction of sp³-hybridized carbons (Fsp3) is 0.174. The summed E-state index contributed by atoms with van der Waals surface area (Å²) in [4.78, 5) is 7.06. The number of thiophene rings is 1. The number of aromatic nitrogens is 1. The lowest BCUT2D eigenvalue weighted by Crippen LogP contribution is -2.15. The topological polar surface area (TPSA) is 43.4 Å². The van der Waals surface area contributed by atoms with Gasteiger partial charge in [0.25, 0.3) is 0 Å². The van der Waals surface area contributed by atoms with Crippen molar-refractivity contribution < 1.29 is 9.47 Å². The first-order valence-corrected chi connectivity index (χ1v) is 10.3. The molecule has 4 nitrogen and oxygen atoms in total. The highest BCUT2D eigenvalue weighted by atomic mass is 32.1. The van der Waals surface area contributed by atoms with Gasteiger partial charge in [-0.1, -0.05) is 31.2 Å². The van der Waals surface area contributed by atoms with E-state index >= 15 is 0 Å². The second-order valence-corrected chi connectivity index (χ2v) is 7.77. The number of pyridine rings is 1. The van der Waals surface area contributed by atoms with E-state index in [0.717, 1.165) is 39.6 Å². The van der Waals surface area contributed by atoms with Crippen molar-refractivity contribution >= 4 is 33.1 Å². The van der Waals surface area contributed by atoms with Crippen molar-refractivity contribution in [2.24, 2.45) is 0 Å². The molecule has 0 atom stereocenters. The second-order valence-electron chi connectivity index (χ2n) is 6.74. The quantitative estimate of drug-likeness (QED) is 0.463. The normalized spacial score (nSPS) is 12.9. The molecule has 1 aliphatic rings. The van der Waals surface area contributed by atoms with Crippen molar-refractivity contribution in [3.63, 3.8) is 0 Å². The van der Waals surface area contributed by atoms with Gasteiger partial charge in [0.15, 0.2) is 11.5 Å². The number of rotatable bonds is 4. The lowest BCUT2D eigenvalue weighted by Gasteiger charge is -2.19. The summed E-state index contributed by atoms with van der Waals surface area (Å²) in [6.07, 6.45) is 1.06. The van der Waals surface area contributed by atoms with E-state index in [1.807, 2.05) is 24.3 Å². The van der Waals surface area contributed by atoms with Crippen LogP contribution in [-0.4, -0.2) is 18.2 Å². The van der Waals surface area contributed by atoms with Gasteiger partial charge < -0.3 is 14.8 Å². The Morgan fingerprint density at radius 1 is 0.929 bits per heavy atom. The molecule has 0 radical (unpaired) electrons. The van der Waals surface area contributed by atoms with E-state index in [4.69, 9.17) is 14.5 Å². The van der Waals surface area contributed by atoms with Gasteiger partial charge in [0.05, 0.1) is 0 Å². The lowest BCUT2D eigenvalue weighted by atomic mass is 10.1. The average molecular weight is 388 g/mol. The van der Waals surface area contributed by atoms with E-state index < -0.39 is 0 Å². The largest absolute Gasteiger partial charge is 0.486 e. The molecular weight excluding hydrogens is 368 g/mol. The van der Waals surface area contributed by atoms with Gasteiger partial charge >= 0.3 is 0 Å². The summed E-state index contributed by atoms with van der Waals surface area (Å²) >= 11 is 1.72. The van der Waals surface area contributed by atoms with Crippen LogP contribution in [0, 0.1) is 0 Å². The minimum Gasteiger partial charge on any atom is -0.486 e. The fourth-order valence-electron chi connectivity index (χ4n) is 3.30. The minimum atomic E-state index is 0.581. The van der Waals surface area contributed by atoms with Crippen molar-refractivity contribution in [2.45, 2.75) is 13.3 Å². The Labute approximate surface area is 167 Å². The molecule has 0 fully saturated rings. The zero-order chi connectivity index (χ0) is 18.9. The SMILES string of the molecule is CCc1ccc(-c2cc3ccc(Nc4ccc5c(c4)OCCO5)nc3s2)cc1. The molecule has 2 aromatic heterocycles. The molecule has 0 saturated heterocycles. The predicted octanol–water partition coefficient (Wildman–Crippen LogP) is 6.04. The number of ether oxygens (including phenoxy) is 2. The molecule has 0 bridgehead atoms. The van der Waals surface area contributed by atoms with Crippen LogP contribution in [0.15, 0.2) is 60.7 Å². The summed E-state index contributed by atoms with van der Waals surface area (Å²) in [5, 5.41) is 4.53.